The number of aliphatic hydroxyl groups excluding tert-OH is 1. The maximum absolute atomic E-state index is 13.3. The van der Waals surface area contributed by atoms with E-state index in [-0.39, 0.29) is 24.5 Å². The van der Waals surface area contributed by atoms with E-state index in [2.05, 4.69) is 11.4 Å². The van der Waals surface area contributed by atoms with Gasteiger partial charge in [0.05, 0.1) is 13.2 Å². The molecule has 6 heteroatoms. The van der Waals surface area contributed by atoms with Gasteiger partial charge in [0.15, 0.2) is 5.76 Å². The van der Waals surface area contributed by atoms with Crippen LogP contribution in [0.4, 0.5) is 0 Å². The van der Waals surface area contributed by atoms with Crippen LogP contribution in [0.5, 0.6) is 0 Å². The van der Waals surface area contributed by atoms with E-state index in [0.29, 0.717) is 18.8 Å². The number of aliphatic hydroxyl groups is 1. The molecule has 1 aromatic heterocycles. The summed E-state index contributed by atoms with van der Waals surface area (Å²) in [5, 5.41) is 11.3. The highest BCUT2D eigenvalue weighted by Gasteiger charge is 2.32. The molecular weight excluding hydrogens is 410 g/mol. The average molecular weight is 442 g/mol. The molecule has 1 amide bonds. The molecule has 0 saturated heterocycles. The van der Waals surface area contributed by atoms with Crippen molar-refractivity contribution in [2.24, 2.45) is 0 Å². The van der Waals surface area contributed by atoms with Crippen LogP contribution in [0.2, 0.25) is 0 Å². The van der Waals surface area contributed by atoms with Gasteiger partial charge in [0, 0.05) is 30.3 Å². The standard InChI is InChI=1S/C25H31NO4S/c1-26(21-6-3-2-4-7-21)25(28)22-14-20(23-8-5-13-31-23)15-24(30-22)29-17-19-11-9-18(16-27)10-12-19/h5,8-14,20-21,24,27H,2-4,6-7,15-17H2,1H3/t20-,24+/m1/s1. The Morgan fingerprint density at radius 1 is 1.16 bits per heavy atom. The Labute approximate surface area is 188 Å². The third kappa shape index (κ3) is 5.56. The summed E-state index contributed by atoms with van der Waals surface area (Å²) in [6.45, 7) is 0.424. The molecule has 5 nitrogen and oxygen atoms in total. The Morgan fingerprint density at radius 3 is 2.58 bits per heavy atom. The van der Waals surface area contributed by atoms with Crippen molar-refractivity contribution in [1.82, 2.24) is 4.90 Å². The van der Waals surface area contributed by atoms with E-state index in [1.54, 1.807) is 11.3 Å². The number of thiophene rings is 1. The first-order chi connectivity index (χ1) is 15.1. The zero-order valence-corrected chi connectivity index (χ0v) is 18.9. The van der Waals surface area contributed by atoms with Gasteiger partial charge in [-0.2, -0.15) is 0 Å². The van der Waals surface area contributed by atoms with Crippen LogP contribution in [-0.2, 0) is 27.5 Å². The Morgan fingerprint density at radius 2 is 1.90 bits per heavy atom. The van der Waals surface area contributed by atoms with Gasteiger partial charge in [-0.05, 0) is 41.5 Å². The summed E-state index contributed by atoms with van der Waals surface area (Å²) in [5.74, 6) is 0.460. The maximum atomic E-state index is 13.3. The normalized spacial score (nSPS) is 21.9. The molecule has 2 aliphatic rings. The van der Waals surface area contributed by atoms with Gasteiger partial charge in [0.1, 0.15) is 0 Å². The van der Waals surface area contributed by atoms with Crippen molar-refractivity contribution in [1.29, 1.82) is 0 Å². The highest BCUT2D eigenvalue weighted by Crippen LogP contribution is 2.35. The second-order valence-electron chi connectivity index (χ2n) is 8.43. The summed E-state index contributed by atoms with van der Waals surface area (Å²) < 4.78 is 12.2. The average Bonchev–Trinajstić information content (AvgIpc) is 3.38. The van der Waals surface area contributed by atoms with Crippen LogP contribution in [0, 0.1) is 0 Å². The predicted octanol–water partition coefficient (Wildman–Crippen LogP) is 4.96. The molecule has 4 rings (SSSR count). The molecule has 1 aromatic carbocycles. The minimum atomic E-state index is -0.478. The number of amides is 1. The molecule has 2 heterocycles. The summed E-state index contributed by atoms with van der Waals surface area (Å²) in [6.07, 6.45) is 7.92. The fourth-order valence-corrected chi connectivity index (χ4v) is 5.16. The molecule has 1 aliphatic carbocycles. The van der Waals surface area contributed by atoms with E-state index >= 15 is 0 Å². The monoisotopic (exact) mass is 441 g/mol. The van der Waals surface area contributed by atoms with Gasteiger partial charge in [-0.25, -0.2) is 0 Å². The van der Waals surface area contributed by atoms with Crippen molar-refractivity contribution in [3.63, 3.8) is 0 Å². The summed E-state index contributed by atoms with van der Waals surface area (Å²) in [7, 11) is 1.90. The zero-order valence-electron chi connectivity index (χ0n) is 18.0. The molecule has 0 spiro atoms. The zero-order chi connectivity index (χ0) is 21.6. The Balaban J connectivity index is 1.46. The highest BCUT2D eigenvalue weighted by molar-refractivity contribution is 7.10. The van der Waals surface area contributed by atoms with Crippen molar-refractivity contribution in [3.8, 4) is 0 Å². The predicted molar refractivity (Wildman–Crippen MR) is 121 cm³/mol. The van der Waals surface area contributed by atoms with Crippen LogP contribution < -0.4 is 0 Å². The van der Waals surface area contributed by atoms with E-state index in [4.69, 9.17) is 9.47 Å². The fourth-order valence-electron chi connectivity index (χ4n) is 4.35. The van der Waals surface area contributed by atoms with Gasteiger partial charge in [0.25, 0.3) is 5.91 Å². The van der Waals surface area contributed by atoms with Gasteiger partial charge in [0.2, 0.25) is 6.29 Å². The summed E-state index contributed by atoms with van der Waals surface area (Å²) in [5.41, 5.74) is 1.88. The van der Waals surface area contributed by atoms with Gasteiger partial charge in [-0.3, -0.25) is 4.79 Å². The molecule has 1 saturated carbocycles. The van der Waals surface area contributed by atoms with Crippen LogP contribution in [0.1, 0.15) is 60.4 Å². The largest absolute Gasteiger partial charge is 0.459 e. The van der Waals surface area contributed by atoms with Crippen LogP contribution >= 0.6 is 11.3 Å². The molecule has 0 radical (unpaired) electrons. The number of ether oxygens (including phenoxy) is 2. The first kappa shape index (κ1) is 22.1. The number of likely N-dealkylation sites (N-methyl/N-ethyl adjacent to an activating group) is 1. The molecule has 1 aliphatic heterocycles. The molecule has 0 bridgehead atoms. The minimum absolute atomic E-state index is 0.0279. The van der Waals surface area contributed by atoms with Crippen molar-refractivity contribution in [2.45, 2.75) is 70.0 Å². The fraction of sp³-hybridized carbons (Fsp3) is 0.480. The first-order valence-corrected chi connectivity index (χ1v) is 12.0. The van der Waals surface area contributed by atoms with Crippen molar-refractivity contribution < 1.29 is 19.4 Å². The van der Waals surface area contributed by atoms with E-state index in [1.807, 2.05) is 48.4 Å². The number of rotatable bonds is 7. The van der Waals surface area contributed by atoms with E-state index in [1.165, 1.54) is 24.1 Å². The minimum Gasteiger partial charge on any atom is -0.459 e. The smallest absolute Gasteiger partial charge is 0.288 e. The number of carbonyl (C=O) groups excluding carboxylic acids is 1. The maximum Gasteiger partial charge on any atom is 0.288 e. The summed E-state index contributed by atoms with van der Waals surface area (Å²) in [4.78, 5) is 16.3. The molecule has 31 heavy (non-hydrogen) atoms. The highest BCUT2D eigenvalue weighted by atomic mass is 32.1. The van der Waals surface area contributed by atoms with Crippen molar-refractivity contribution >= 4 is 17.2 Å². The molecule has 1 fully saturated rings. The number of hydrogen-bond donors (Lipinski definition) is 1. The SMILES string of the molecule is CN(C(=O)C1=C[C@@H](c2cccs2)C[C@@H](OCc2ccc(CO)cc2)O1)C1CCCCC1. The molecular formula is C25H31NO4S. The lowest BCUT2D eigenvalue weighted by molar-refractivity contribution is -0.156. The summed E-state index contributed by atoms with van der Waals surface area (Å²) >= 11 is 1.70. The molecule has 166 valence electrons. The topological polar surface area (TPSA) is 59.0 Å². The van der Waals surface area contributed by atoms with Gasteiger partial charge in [-0.15, -0.1) is 11.3 Å². The van der Waals surface area contributed by atoms with E-state index < -0.39 is 6.29 Å². The Bertz CT molecular complexity index is 871. The number of carbonyl (C=O) groups is 1. The van der Waals surface area contributed by atoms with E-state index in [9.17, 15) is 9.90 Å². The third-order valence-corrected chi connectivity index (χ3v) is 7.27. The van der Waals surface area contributed by atoms with Crippen LogP contribution in [0.3, 0.4) is 0 Å². The number of benzene rings is 1. The number of nitrogens with zero attached hydrogens (tertiary/aromatic N) is 1. The Kier molecular flexibility index (Phi) is 7.43. The lowest BCUT2D eigenvalue weighted by atomic mass is 9.94. The van der Waals surface area contributed by atoms with Crippen LogP contribution in [0.15, 0.2) is 53.6 Å². The van der Waals surface area contributed by atoms with Gasteiger partial charge >= 0.3 is 0 Å². The summed E-state index contributed by atoms with van der Waals surface area (Å²) in [6, 6.07) is 12.1. The van der Waals surface area contributed by atoms with Crippen LogP contribution in [0.25, 0.3) is 0 Å². The number of allylic oxidation sites excluding steroid dienone is 1. The molecule has 1 N–H and O–H groups in total. The third-order valence-electron chi connectivity index (χ3n) is 6.26. The van der Waals surface area contributed by atoms with Gasteiger partial charge < -0.3 is 19.5 Å². The van der Waals surface area contributed by atoms with E-state index in [0.717, 1.165) is 24.0 Å². The lowest BCUT2D eigenvalue weighted by Crippen LogP contribution is -2.41. The van der Waals surface area contributed by atoms with Crippen molar-refractivity contribution in [2.75, 3.05) is 7.05 Å². The second-order valence-corrected chi connectivity index (χ2v) is 9.41. The molecule has 0 unspecified atom stereocenters. The Hall–Kier alpha value is -2.15. The van der Waals surface area contributed by atoms with Crippen molar-refractivity contribution in [3.05, 3.63) is 69.6 Å². The van der Waals surface area contributed by atoms with Gasteiger partial charge in [-0.1, -0.05) is 49.6 Å². The molecule has 2 aromatic rings. The molecule has 2 atom stereocenters. The second kappa shape index (κ2) is 10.4. The quantitative estimate of drug-likeness (QED) is 0.660. The lowest BCUT2D eigenvalue weighted by Gasteiger charge is -2.34. The van der Waals surface area contributed by atoms with Crippen LogP contribution in [-0.4, -0.2) is 35.3 Å². The first-order valence-electron chi connectivity index (χ1n) is 11.1. The number of hydrogen-bond acceptors (Lipinski definition) is 5.